The van der Waals surface area contributed by atoms with Crippen molar-refractivity contribution in [2.75, 3.05) is 6.54 Å². The van der Waals surface area contributed by atoms with Crippen molar-refractivity contribution >= 4 is 12.2 Å². The second kappa shape index (κ2) is 3.51. The van der Waals surface area contributed by atoms with Crippen LogP contribution in [0.2, 0.25) is 0 Å². The molecular weight excluding hydrogens is 164 g/mol. The van der Waals surface area contributed by atoms with Gasteiger partial charge in [-0.1, -0.05) is 6.92 Å². The summed E-state index contributed by atoms with van der Waals surface area (Å²) in [6.07, 6.45) is 5.67. The standard InChI is InChI=1S/C9H12N4/c1-2-8-4-7-13(12-8)9-10-5-3-6-11-9/h4-5,7H,2-3,6H2,1H3. The molecule has 1 aromatic rings. The van der Waals surface area contributed by atoms with Crippen LogP contribution >= 0.6 is 0 Å². The summed E-state index contributed by atoms with van der Waals surface area (Å²) in [6, 6.07) is 1.99. The van der Waals surface area contributed by atoms with Crippen LogP contribution in [-0.2, 0) is 6.42 Å². The summed E-state index contributed by atoms with van der Waals surface area (Å²) in [6.45, 7) is 2.90. The van der Waals surface area contributed by atoms with E-state index in [1.807, 2.05) is 18.5 Å². The van der Waals surface area contributed by atoms with Crippen LogP contribution in [0.15, 0.2) is 22.2 Å². The van der Waals surface area contributed by atoms with E-state index in [9.17, 15) is 0 Å². The van der Waals surface area contributed by atoms with E-state index in [4.69, 9.17) is 0 Å². The maximum absolute atomic E-state index is 4.32. The lowest BCUT2D eigenvalue weighted by Gasteiger charge is -2.03. The van der Waals surface area contributed by atoms with Crippen LogP contribution < -0.4 is 0 Å². The van der Waals surface area contributed by atoms with Gasteiger partial charge in [0.25, 0.3) is 0 Å². The minimum absolute atomic E-state index is 0.700. The minimum Gasteiger partial charge on any atom is -0.249 e. The monoisotopic (exact) mass is 176 g/mol. The second-order valence-corrected chi connectivity index (χ2v) is 2.89. The van der Waals surface area contributed by atoms with Crippen molar-refractivity contribution in [3.63, 3.8) is 0 Å². The van der Waals surface area contributed by atoms with Crippen molar-refractivity contribution in [1.29, 1.82) is 0 Å². The Bertz CT molecular complexity index is 348. The molecular formula is C9H12N4. The van der Waals surface area contributed by atoms with Gasteiger partial charge in [-0.3, -0.25) is 0 Å². The van der Waals surface area contributed by atoms with Gasteiger partial charge >= 0.3 is 0 Å². The van der Waals surface area contributed by atoms with Gasteiger partial charge in [0.15, 0.2) is 0 Å². The normalized spacial score (nSPS) is 15.9. The average Bonchev–Trinajstić information content (AvgIpc) is 2.67. The van der Waals surface area contributed by atoms with Crippen LogP contribution in [-0.4, -0.2) is 28.5 Å². The third-order valence-corrected chi connectivity index (χ3v) is 1.93. The molecule has 0 radical (unpaired) electrons. The first-order valence-electron chi connectivity index (χ1n) is 4.52. The quantitative estimate of drug-likeness (QED) is 0.632. The van der Waals surface area contributed by atoms with Gasteiger partial charge in [0.05, 0.1) is 5.69 Å². The average molecular weight is 176 g/mol. The van der Waals surface area contributed by atoms with Crippen molar-refractivity contribution in [2.45, 2.75) is 19.8 Å². The molecule has 1 aromatic heterocycles. The predicted molar refractivity (Wildman–Crippen MR) is 52.4 cm³/mol. The van der Waals surface area contributed by atoms with Gasteiger partial charge in [-0.05, 0) is 12.5 Å². The molecule has 2 rings (SSSR count). The summed E-state index contributed by atoms with van der Waals surface area (Å²) in [7, 11) is 0. The molecule has 4 nitrogen and oxygen atoms in total. The smallest absolute Gasteiger partial charge is 0.245 e. The fourth-order valence-electron chi connectivity index (χ4n) is 1.20. The first-order chi connectivity index (χ1) is 6.40. The van der Waals surface area contributed by atoms with E-state index in [0.29, 0.717) is 5.96 Å². The Kier molecular flexibility index (Phi) is 2.21. The summed E-state index contributed by atoms with van der Waals surface area (Å²) in [5, 5.41) is 4.32. The van der Waals surface area contributed by atoms with Crippen LogP contribution in [0.25, 0.3) is 0 Å². The van der Waals surface area contributed by atoms with Crippen LogP contribution in [0.4, 0.5) is 0 Å². The van der Waals surface area contributed by atoms with E-state index in [0.717, 1.165) is 25.1 Å². The van der Waals surface area contributed by atoms with Crippen molar-refractivity contribution in [2.24, 2.45) is 9.98 Å². The molecule has 0 aromatic carbocycles. The number of aromatic nitrogens is 2. The Morgan fingerprint density at radius 3 is 3.08 bits per heavy atom. The summed E-state index contributed by atoms with van der Waals surface area (Å²) in [5.74, 6) is 0.700. The topological polar surface area (TPSA) is 42.5 Å². The molecule has 0 saturated carbocycles. The highest BCUT2D eigenvalue weighted by Gasteiger charge is 2.04. The van der Waals surface area contributed by atoms with Gasteiger partial charge in [0.2, 0.25) is 5.96 Å². The molecule has 0 atom stereocenters. The van der Waals surface area contributed by atoms with Gasteiger partial charge in [0, 0.05) is 25.4 Å². The highest BCUT2D eigenvalue weighted by atomic mass is 15.4. The molecule has 0 fully saturated rings. The van der Waals surface area contributed by atoms with E-state index in [1.54, 1.807) is 4.68 Å². The Morgan fingerprint density at radius 2 is 2.46 bits per heavy atom. The number of nitrogens with zero attached hydrogens (tertiary/aromatic N) is 4. The first-order valence-corrected chi connectivity index (χ1v) is 4.52. The fourth-order valence-corrected chi connectivity index (χ4v) is 1.20. The van der Waals surface area contributed by atoms with Crippen molar-refractivity contribution < 1.29 is 0 Å². The summed E-state index contributed by atoms with van der Waals surface area (Å²) in [4.78, 5) is 8.44. The lowest BCUT2D eigenvalue weighted by molar-refractivity contribution is 0.853. The van der Waals surface area contributed by atoms with Gasteiger partial charge in [-0.15, -0.1) is 0 Å². The maximum Gasteiger partial charge on any atom is 0.245 e. The largest absolute Gasteiger partial charge is 0.249 e. The van der Waals surface area contributed by atoms with Crippen LogP contribution in [0.5, 0.6) is 0 Å². The van der Waals surface area contributed by atoms with Gasteiger partial charge in [-0.2, -0.15) is 5.10 Å². The van der Waals surface area contributed by atoms with E-state index < -0.39 is 0 Å². The highest BCUT2D eigenvalue weighted by molar-refractivity contribution is 5.90. The molecule has 0 N–H and O–H groups in total. The zero-order valence-electron chi connectivity index (χ0n) is 7.64. The third-order valence-electron chi connectivity index (χ3n) is 1.93. The highest BCUT2D eigenvalue weighted by Crippen LogP contribution is 1.99. The molecule has 4 heteroatoms. The number of rotatable bonds is 1. The van der Waals surface area contributed by atoms with Gasteiger partial charge in [0.1, 0.15) is 0 Å². The molecule has 1 aliphatic heterocycles. The van der Waals surface area contributed by atoms with Gasteiger partial charge in [-0.25, -0.2) is 14.7 Å². The molecule has 2 heterocycles. The molecule has 13 heavy (non-hydrogen) atoms. The Hall–Kier alpha value is -1.45. The van der Waals surface area contributed by atoms with E-state index in [-0.39, 0.29) is 0 Å². The fraction of sp³-hybridized carbons (Fsp3) is 0.444. The molecule has 0 spiro atoms. The molecule has 1 aliphatic rings. The first kappa shape index (κ1) is 8.16. The lowest BCUT2D eigenvalue weighted by atomic mass is 10.4. The summed E-state index contributed by atoms with van der Waals surface area (Å²) in [5.41, 5.74) is 1.07. The molecule has 0 unspecified atom stereocenters. The Balaban J connectivity index is 2.24. The second-order valence-electron chi connectivity index (χ2n) is 2.89. The van der Waals surface area contributed by atoms with Crippen molar-refractivity contribution in [3.05, 3.63) is 18.0 Å². The van der Waals surface area contributed by atoms with Crippen molar-refractivity contribution in [1.82, 2.24) is 9.78 Å². The molecule has 0 saturated heterocycles. The number of hydrogen-bond acceptors (Lipinski definition) is 3. The van der Waals surface area contributed by atoms with E-state index >= 15 is 0 Å². The zero-order chi connectivity index (χ0) is 9.10. The summed E-state index contributed by atoms with van der Waals surface area (Å²) >= 11 is 0. The minimum atomic E-state index is 0.700. The maximum atomic E-state index is 4.32. The van der Waals surface area contributed by atoms with Crippen LogP contribution in [0, 0.1) is 0 Å². The molecule has 0 amide bonds. The molecule has 68 valence electrons. The summed E-state index contributed by atoms with van der Waals surface area (Å²) < 4.78 is 1.73. The lowest BCUT2D eigenvalue weighted by Crippen LogP contribution is -2.14. The Morgan fingerprint density at radius 1 is 1.54 bits per heavy atom. The third kappa shape index (κ3) is 1.66. The molecule has 0 aliphatic carbocycles. The van der Waals surface area contributed by atoms with Crippen LogP contribution in [0.1, 0.15) is 19.0 Å². The SMILES string of the molecule is CCc1ccn(C2=NCCC=N2)n1. The van der Waals surface area contributed by atoms with Crippen LogP contribution in [0.3, 0.4) is 0 Å². The Labute approximate surface area is 77.0 Å². The van der Waals surface area contributed by atoms with E-state index in [1.165, 1.54) is 0 Å². The number of aliphatic imine (C=N–C) groups is 2. The van der Waals surface area contributed by atoms with Gasteiger partial charge < -0.3 is 0 Å². The van der Waals surface area contributed by atoms with E-state index in [2.05, 4.69) is 22.0 Å². The van der Waals surface area contributed by atoms with Crippen molar-refractivity contribution in [3.8, 4) is 0 Å². The number of hydrogen-bond donors (Lipinski definition) is 0. The predicted octanol–water partition coefficient (Wildman–Crippen LogP) is 1.12. The molecule has 0 bridgehead atoms. The number of aryl methyl sites for hydroxylation is 1. The zero-order valence-corrected chi connectivity index (χ0v) is 7.64.